The molecule has 0 saturated heterocycles. The topological polar surface area (TPSA) is 43.4 Å². The Morgan fingerprint density at radius 1 is 1.12 bits per heavy atom. The molecule has 0 radical (unpaired) electrons. The van der Waals surface area contributed by atoms with Crippen LogP contribution in [-0.4, -0.2) is 18.7 Å². The van der Waals surface area contributed by atoms with Gasteiger partial charge < -0.3 is 4.74 Å². The highest BCUT2D eigenvalue weighted by Crippen LogP contribution is 2.32. The lowest BCUT2D eigenvalue weighted by Crippen LogP contribution is -2.19. The average molecular weight is 234 g/mol. The number of benzene rings is 1. The van der Waals surface area contributed by atoms with Crippen molar-refractivity contribution in [1.29, 1.82) is 0 Å². The van der Waals surface area contributed by atoms with Crippen molar-refractivity contribution in [2.75, 3.05) is 7.11 Å². The molecule has 0 atom stereocenters. The third-order valence-electron chi connectivity index (χ3n) is 2.81. The second-order valence-electron chi connectivity index (χ2n) is 4.35. The monoisotopic (exact) mass is 234 g/mol. The number of carbonyl (C=O) groups is 2. The number of ether oxygens (including phenoxy) is 1. The first-order valence-electron chi connectivity index (χ1n) is 5.54. The number of Topliss-reactive ketones (excluding diaryl/α,β-unsaturated/α-hetero) is 2. The van der Waals surface area contributed by atoms with Crippen LogP contribution in [0, 0.1) is 13.8 Å². The minimum Gasteiger partial charge on any atom is -0.496 e. The summed E-state index contributed by atoms with van der Waals surface area (Å²) in [7, 11) is 1.55. The largest absolute Gasteiger partial charge is 0.496 e. The van der Waals surface area contributed by atoms with Gasteiger partial charge in [-0.15, -0.1) is 0 Å². The third-order valence-corrected chi connectivity index (χ3v) is 2.81. The van der Waals surface area contributed by atoms with Gasteiger partial charge in [-0.1, -0.05) is 6.07 Å². The number of aryl methyl sites for hydroxylation is 2. The Morgan fingerprint density at radius 2 is 1.65 bits per heavy atom. The number of methoxy groups -OCH3 is 1. The van der Waals surface area contributed by atoms with Crippen molar-refractivity contribution in [3.63, 3.8) is 0 Å². The summed E-state index contributed by atoms with van der Waals surface area (Å²) in [5, 5.41) is 0. The van der Waals surface area contributed by atoms with Gasteiger partial charge in [0.15, 0.2) is 0 Å². The highest BCUT2D eigenvalue weighted by atomic mass is 16.5. The zero-order chi connectivity index (χ0) is 13.2. The van der Waals surface area contributed by atoms with Crippen LogP contribution in [0.3, 0.4) is 0 Å². The van der Waals surface area contributed by atoms with Crippen LogP contribution < -0.4 is 4.74 Å². The van der Waals surface area contributed by atoms with Crippen LogP contribution in [-0.2, 0) is 9.59 Å². The van der Waals surface area contributed by atoms with E-state index in [1.807, 2.05) is 26.0 Å². The van der Waals surface area contributed by atoms with Gasteiger partial charge in [-0.2, -0.15) is 0 Å². The van der Waals surface area contributed by atoms with E-state index in [2.05, 4.69) is 0 Å². The Morgan fingerprint density at radius 3 is 2.06 bits per heavy atom. The molecule has 0 aliphatic rings. The maximum atomic E-state index is 11.6. The van der Waals surface area contributed by atoms with Gasteiger partial charge in [0.25, 0.3) is 0 Å². The summed E-state index contributed by atoms with van der Waals surface area (Å²) in [4.78, 5) is 23.2. The predicted molar refractivity (Wildman–Crippen MR) is 66.6 cm³/mol. The second kappa shape index (κ2) is 5.13. The maximum Gasteiger partial charge on any atom is 0.144 e. The average Bonchev–Trinajstić information content (AvgIpc) is 2.20. The first-order valence-corrected chi connectivity index (χ1v) is 5.54. The summed E-state index contributed by atoms with van der Waals surface area (Å²) < 4.78 is 5.28. The van der Waals surface area contributed by atoms with Crippen molar-refractivity contribution in [2.45, 2.75) is 33.6 Å². The SMILES string of the molecule is COc1cc(C)cc(C)c1C(C(C)=O)C(C)=O. The number of ketones is 2. The lowest BCUT2D eigenvalue weighted by molar-refractivity contribution is -0.126. The fourth-order valence-corrected chi connectivity index (χ4v) is 2.17. The van der Waals surface area contributed by atoms with Crippen molar-refractivity contribution in [3.8, 4) is 5.75 Å². The highest BCUT2D eigenvalue weighted by molar-refractivity contribution is 6.06. The van der Waals surface area contributed by atoms with Gasteiger partial charge in [0, 0.05) is 5.56 Å². The van der Waals surface area contributed by atoms with Crippen molar-refractivity contribution in [1.82, 2.24) is 0 Å². The van der Waals surface area contributed by atoms with Crippen LogP contribution >= 0.6 is 0 Å². The maximum absolute atomic E-state index is 11.6. The fraction of sp³-hybridized carbons (Fsp3) is 0.429. The molecule has 1 rings (SSSR count). The summed E-state index contributed by atoms with van der Waals surface area (Å²) in [6, 6.07) is 3.80. The molecule has 0 fully saturated rings. The van der Waals surface area contributed by atoms with Gasteiger partial charge in [0.1, 0.15) is 23.2 Å². The Hall–Kier alpha value is -1.64. The van der Waals surface area contributed by atoms with E-state index in [9.17, 15) is 9.59 Å². The molecule has 1 aromatic rings. The molecule has 0 bridgehead atoms. The smallest absolute Gasteiger partial charge is 0.144 e. The molecule has 0 amide bonds. The quantitative estimate of drug-likeness (QED) is 0.752. The molecule has 0 N–H and O–H groups in total. The van der Waals surface area contributed by atoms with Gasteiger partial charge in [-0.25, -0.2) is 0 Å². The molecule has 0 heterocycles. The second-order valence-corrected chi connectivity index (χ2v) is 4.35. The number of hydrogen-bond donors (Lipinski definition) is 0. The van der Waals surface area contributed by atoms with E-state index in [0.717, 1.165) is 11.1 Å². The highest BCUT2D eigenvalue weighted by Gasteiger charge is 2.26. The van der Waals surface area contributed by atoms with E-state index in [4.69, 9.17) is 4.74 Å². The van der Waals surface area contributed by atoms with Gasteiger partial charge in [0.2, 0.25) is 0 Å². The lowest BCUT2D eigenvalue weighted by Gasteiger charge is -2.18. The van der Waals surface area contributed by atoms with Crippen LogP contribution in [0.4, 0.5) is 0 Å². The first-order chi connectivity index (χ1) is 7.88. The molecular formula is C14H18O3. The van der Waals surface area contributed by atoms with Gasteiger partial charge in [-0.05, 0) is 44.9 Å². The lowest BCUT2D eigenvalue weighted by atomic mass is 9.87. The molecule has 0 spiro atoms. The molecular weight excluding hydrogens is 216 g/mol. The number of carbonyl (C=O) groups excluding carboxylic acids is 2. The van der Waals surface area contributed by atoms with Gasteiger partial charge in [-0.3, -0.25) is 9.59 Å². The molecule has 3 nitrogen and oxygen atoms in total. The van der Waals surface area contributed by atoms with Gasteiger partial charge >= 0.3 is 0 Å². The molecule has 92 valence electrons. The van der Waals surface area contributed by atoms with Crippen molar-refractivity contribution >= 4 is 11.6 Å². The van der Waals surface area contributed by atoms with Crippen LogP contribution in [0.5, 0.6) is 5.75 Å². The number of hydrogen-bond acceptors (Lipinski definition) is 3. The minimum absolute atomic E-state index is 0.150. The molecule has 0 saturated carbocycles. The summed E-state index contributed by atoms with van der Waals surface area (Å²) in [5.41, 5.74) is 2.66. The Labute approximate surface area is 102 Å². The number of rotatable bonds is 4. The van der Waals surface area contributed by atoms with Crippen LogP contribution in [0.1, 0.15) is 36.5 Å². The molecule has 0 aliphatic carbocycles. The van der Waals surface area contributed by atoms with Crippen LogP contribution in [0.25, 0.3) is 0 Å². The van der Waals surface area contributed by atoms with E-state index in [1.54, 1.807) is 7.11 Å². The molecule has 1 aromatic carbocycles. The van der Waals surface area contributed by atoms with E-state index in [-0.39, 0.29) is 11.6 Å². The summed E-state index contributed by atoms with van der Waals surface area (Å²) in [5.74, 6) is -0.408. The van der Waals surface area contributed by atoms with E-state index < -0.39 is 5.92 Å². The minimum atomic E-state index is -0.717. The Kier molecular flexibility index (Phi) is 4.05. The molecule has 0 aromatic heterocycles. The summed E-state index contributed by atoms with van der Waals surface area (Å²) in [6.45, 7) is 6.72. The Balaban J connectivity index is 3.47. The molecule has 17 heavy (non-hydrogen) atoms. The summed E-state index contributed by atoms with van der Waals surface area (Å²) in [6.07, 6.45) is 0. The summed E-state index contributed by atoms with van der Waals surface area (Å²) >= 11 is 0. The van der Waals surface area contributed by atoms with E-state index in [1.165, 1.54) is 13.8 Å². The first kappa shape index (κ1) is 13.4. The zero-order valence-electron chi connectivity index (χ0n) is 11.0. The fourth-order valence-electron chi connectivity index (χ4n) is 2.17. The molecule has 0 unspecified atom stereocenters. The zero-order valence-corrected chi connectivity index (χ0v) is 11.0. The van der Waals surface area contributed by atoms with E-state index >= 15 is 0 Å². The van der Waals surface area contributed by atoms with Crippen LogP contribution in [0.2, 0.25) is 0 Å². The van der Waals surface area contributed by atoms with Crippen molar-refractivity contribution < 1.29 is 14.3 Å². The Bertz CT molecular complexity index is 447. The third kappa shape index (κ3) is 2.73. The standard InChI is InChI=1S/C14H18O3/c1-8-6-9(2)13(12(7-8)17-5)14(10(3)15)11(4)16/h6-7,14H,1-5H3. The normalized spacial score (nSPS) is 10.5. The van der Waals surface area contributed by atoms with Crippen LogP contribution in [0.15, 0.2) is 12.1 Å². The molecule has 3 heteroatoms. The van der Waals surface area contributed by atoms with Gasteiger partial charge in [0.05, 0.1) is 7.11 Å². The van der Waals surface area contributed by atoms with Crippen molar-refractivity contribution in [2.24, 2.45) is 0 Å². The predicted octanol–water partition coefficient (Wildman–Crippen LogP) is 2.57. The van der Waals surface area contributed by atoms with E-state index in [0.29, 0.717) is 11.3 Å². The van der Waals surface area contributed by atoms with Crippen molar-refractivity contribution in [3.05, 3.63) is 28.8 Å². The molecule has 0 aliphatic heterocycles.